The maximum Gasteiger partial charge on any atom is 0.273 e. The Balaban J connectivity index is 1.60. The second kappa shape index (κ2) is 14.0. The van der Waals surface area contributed by atoms with Crippen molar-refractivity contribution < 1.29 is 17.9 Å². The number of nitrogens with zero attached hydrogens (tertiary/aromatic N) is 2. The van der Waals surface area contributed by atoms with Gasteiger partial charge in [0.1, 0.15) is 5.75 Å². The summed E-state index contributed by atoms with van der Waals surface area (Å²) >= 11 is 6.05. The lowest BCUT2D eigenvalue weighted by molar-refractivity contribution is 0.0955. The lowest BCUT2D eigenvalue weighted by Crippen LogP contribution is -2.33. The fraction of sp³-hybridized carbons (Fsp3) is 0.188. The van der Waals surface area contributed by atoms with Gasteiger partial charge in [-0.25, -0.2) is 13.8 Å². The summed E-state index contributed by atoms with van der Waals surface area (Å²) in [6.45, 7) is 4.65. The normalized spacial score (nSPS) is 11.4. The van der Waals surface area contributed by atoms with Crippen LogP contribution in [0.15, 0.2) is 107 Å². The van der Waals surface area contributed by atoms with E-state index in [0.717, 1.165) is 29.7 Å². The van der Waals surface area contributed by atoms with E-state index in [2.05, 4.69) is 17.5 Å². The quantitative estimate of drug-likeness (QED) is 0.110. The topological polar surface area (TPSA) is 88.1 Å². The molecule has 4 aromatic carbocycles. The smallest absolute Gasteiger partial charge is 0.273 e. The second-order valence-corrected chi connectivity index (χ2v) is 11.7. The number of carbonyl (C=O) groups is 1. The van der Waals surface area contributed by atoms with Crippen LogP contribution in [0.25, 0.3) is 0 Å². The molecule has 0 bridgehead atoms. The van der Waals surface area contributed by atoms with Gasteiger partial charge in [0.25, 0.3) is 15.9 Å². The van der Waals surface area contributed by atoms with E-state index in [9.17, 15) is 13.2 Å². The highest BCUT2D eigenvalue weighted by atomic mass is 35.5. The van der Waals surface area contributed by atoms with Crippen molar-refractivity contribution in [2.75, 3.05) is 10.9 Å². The predicted molar refractivity (Wildman–Crippen MR) is 164 cm³/mol. The maximum absolute atomic E-state index is 13.9. The molecule has 0 unspecified atom stereocenters. The summed E-state index contributed by atoms with van der Waals surface area (Å²) in [4.78, 5) is 13.4. The number of nitrogens with one attached hydrogen (secondary N) is 1. The average Bonchev–Trinajstić information content (AvgIpc) is 2.98. The first-order valence-corrected chi connectivity index (χ1v) is 15.1. The number of anilines is 1. The SMILES string of the molecule is CCCCOc1ccc(/C=N\NC(=O)c2ccccc2N(Cc2ccc(Cl)cc2)S(=O)(=O)c2ccc(C)cc2)cc1. The number of carbonyl (C=O) groups excluding carboxylic acids is 1. The Kier molecular flexibility index (Phi) is 10.2. The van der Waals surface area contributed by atoms with E-state index >= 15 is 0 Å². The molecule has 0 aliphatic rings. The third-order valence-corrected chi connectivity index (χ3v) is 8.32. The van der Waals surface area contributed by atoms with Crippen LogP contribution >= 0.6 is 11.6 Å². The Morgan fingerprint density at radius 1 is 0.951 bits per heavy atom. The molecule has 212 valence electrons. The number of benzene rings is 4. The molecular weight excluding hydrogens is 558 g/mol. The molecule has 9 heteroatoms. The summed E-state index contributed by atoms with van der Waals surface area (Å²) in [5.41, 5.74) is 5.33. The number of hydrogen-bond donors (Lipinski definition) is 1. The van der Waals surface area contributed by atoms with Gasteiger partial charge < -0.3 is 4.74 Å². The zero-order valence-electron chi connectivity index (χ0n) is 23.0. The van der Waals surface area contributed by atoms with E-state index in [1.54, 1.807) is 72.8 Å². The molecule has 7 nitrogen and oxygen atoms in total. The second-order valence-electron chi connectivity index (χ2n) is 9.44. The molecule has 0 saturated carbocycles. The Labute approximate surface area is 246 Å². The summed E-state index contributed by atoms with van der Waals surface area (Å²) < 4.78 is 34.8. The van der Waals surface area contributed by atoms with Crippen LogP contribution in [0.1, 0.15) is 46.8 Å². The van der Waals surface area contributed by atoms with Crippen molar-refractivity contribution in [1.29, 1.82) is 0 Å². The Hall–Kier alpha value is -4.14. The predicted octanol–water partition coefficient (Wildman–Crippen LogP) is 6.99. The third-order valence-electron chi connectivity index (χ3n) is 6.29. The van der Waals surface area contributed by atoms with Gasteiger partial charge in [-0.15, -0.1) is 0 Å². The number of rotatable bonds is 12. The lowest BCUT2D eigenvalue weighted by atomic mass is 10.1. The largest absolute Gasteiger partial charge is 0.494 e. The molecule has 1 N–H and O–H groups in total. The van der Waals surface area contributed by atoms with Gasteiger partial charge in [-0.3, -0.25) is 9.10 Å². The van der Waals surface area contributed by atoms with Gasteiger partial charge in [-0.05, 0) is 85.1 Å². The molecule has 0 aromatic heterocycles. The number of aryl methyl sites for hydroxylation is 1. The molecule has 0 radical (unpaired) electrons. The van der Waals surface area contributed by atoms with Gasteiger partial charge >= 0.3 is 0 Å². The van der Waals surface area contributed by atoms with Crippen LogP contribution in [0, 0.1) is 6.92 Å². The number of hydrazone groups is 1. The molecule has 0 spiro atoms. The molecule has 4 aromatic rings. The molecule has 0 aliphatic heterocycles. The van der Waals surface area contributed by atoms with Crippen LogP contribution in [-0.4, -0.2) is 27.1 Å². The van der Waals surface area contributed by atoms with Crippen LogP contribution in [0.4, 0.5) is 5.69 Å². The summed E-state index contributed by atoms with van der Waals surface area (Å²) in [6.07, 6.45) is 3.56. The van der Waals surface area contributed by atoms with E-state index < -0.39 is 15.9 Å². The van der Waals surface area contributed by atoms with Gasteiger partial charge in [0, 0.05) is 5.02 Å². The molecule has 1 amide bonds. The molecule has 0 heterocycles. The zero-order chi connectivity index (χ0) is 29.2. The van der Waals surface area contributed by atoms with Crippen molar-refractivity contribution in [2.24, 2.45) is 5.10 Å². The van der Waals surface area contributed by atoms with Crippen LogP contribution in [0.5, 0.6) is 5.75 Å². The van der Waals surface area contributed by atoms with Crippen molar-refractivity contribution in [3.8, 4) is 5.75 Å². The molecule has 0 atom stereocenters. The molecule has 0 fully saturated rings. The van der Waals surface area contributed by atoms with Gasteiger partial charge in [-0.2, -0.15) is 5.10 Å². The highest BCUT2D eigenvalue weighted by Crippen LogP contribution is 2.30. The van der Waals surface area contributed by atoms with Crippen molar-refractivity contribution in [1.82, 2.24) is 5.43 Å². The minimum atomic E-state index is -4.04. The average molecular weight is 590 g/mol. The summed E-state index contributed by atoms with van der Waals surface area (Å²) in [5, 5.41) is 4.64. The summed E-state index contributed by atoms with van der Waals surface area (Å²) in [6, 6.07) is 27.4. The highest BCUT2D eigenvalue weighted by Gasteiger charge is 2.28. The number of unbranched alkanes of at least 4 members (excludes halogenated alkanes) is 1. The highest BCUT2D eigenvalue weighted by molar-refractivity contribution is 7.92. The number of amides is 1. The zero-order valence-corrected chi connectivity index (χ0v) is 24.5. The first-order chi connectivity index (χ1) is 19.8. The van der Waals surface area contributed by atoms with Crippen LogP contribution in [0.3, 0.4) is 0 Å². The first kappa shape index (κ1) is 29.8. The number of halogens is 1. The minimum absolute atomic E-state index is 0.00633. The fourth-order valence-corrected chi connectivity index (χ4v) is 5.58. The lowest BCUT2D eigenvalue weighted by Gasteiger charge is -2.26. The maximum atomic E-state index is 13.9. The third kappa shape index (κ3) is 7.96. The van der Waals surface area contributed by atoms with E-state index in [-0.39, 0.29) is 22.7 Å². The van der Waals surface area contributed by atoms with Crippen molar-refractivity contribution >= 4 is 39.4 Å². The Morgan fingerprint density at radius 3 is 2.32 bits per heavy atom. The van der Waals surface area contributed by atoms with Crippen molar-refractivity contribution in [2.45, 2.75) is 38.1 Å². The van der Waals surface area contributed by atoms with Gasteiger partial charge in [-0.1, -0.05) is 66.9 Å². The van der Waals surface area contributed by atoms with Crippen molar-refractivity contribution in [3.63, 3.8) is 0 Å². The number of para-hydroxylation sites is 1. The van der Waals surface area contributed by atoms with E-state index in [1.165, 1.54) is 10.5 Å². The van der Waals surface area contributed by atoms with Crippen molar-refractivity contribution in [3.05, 3.63) is 124 Å². The van der Waals surface area contributed by atoms with E-state index in [0.29, 0.717) is 17.2 Å². The van der Waals surface area contributed by atoms with Gasteiger partial charge in [0.05, 0.1) is 35.5 Å². The molecular formula is C32H32ClN3O4S. The molecule has 0 saturated heterocycles. The molecule has 41 heavy (non-hydrogen) atoms. The van der Waals surface area contributed by atoms with Gasteiger partial charge in [0.2, 0.25) is 0 Å². The van der Waals surface area contributed by atoms with Gasteiger partial charge in [0.15, 0.2) is 0 Å². The van der Waals surface area contributed by atoms with E-state index in [1.807, 2.05) is 31.2 Å². The summed E-state index contributed by atoms with van der Waals surface area (Å²) in [5.74, 6) is 0.223. The minimum Gasteiger partial charge on any atom is -0.494 e. The number of hydrogen-bond acceptors (Lipinski definition) is 5. The first-order valence-electron chi connectivity index (χ1n) is 13.3. The Bertz CT molecular complexity index is 1590. The molecule has 0 aliphatic carbocycles. The van der Waals surface area contributed by atoms with Crippen LogP contribution in [-0.2, 0) is 16.6 Å². The summed E-state index contributed by atoms with van der Waals surface area (Å²) in [7, 11) is -4.04. The monoisotopic (exact) mass is 589 g/mol. The number of ether oxygens (including phenoxy) is 1. The number of sulfonamides is 1. The standard InChI is InChI=1S/C32H32ClN3O4S/c1-3-4-21-40-28-17-13-25(14-18-28)22-34-35-32(37)30-7-5-6-8-31(30)36(23-26-11-15-27(33)16-12-26)41(38,39)29-19-9-24(2)10-20-29/h5-20,22H,3-4,21,23H2,1-2H3,(H,35,37)/b34-22-. The Morgan fingerprint density at radius 2 is 1.63 bits per heavy atom. The fourth-order valence-electron chi connectivity index (χ4n) is 3.99. The van der Waals surface area contributed by atoms with Crippen LogP contribution < -0.4 is 14.5 Å². The van der Waals surface area contributed by atoms with E-state index in [4.69, 9.17) is 16.3 Å². The molecule has 4 rings (SSSR count). The van der Waals surface area contributed by atoms with Crippen LogP contribution in [0.2, 0.25) is 5.02 Å².